The summed E-state index contributed by atoms with van der Waals surface area (Å²) in [6.07, 6.45) is 4.29. The summed E-state index contributed by atoms with van der Waals surface area (Å²) in [5.41, 5.74) is 1.09. The van der Waals surface area contributed by atoms with Crippen LogP contribution in [0.5, 0.6) is 5.75 Å². The van der Waals surface area contributed by atoms with Gasteiger partial charge in [0, 0.05) is 17.5 Å². The van der Waals surface area contributed by atoms with Gasteiger partial charge in [0.15, 0.2) is 0 Å². The summed E-state index contributed by atoms with van der Waals surface area (Å²) >= 11 is 6.05. The average Bonchev–Trinajstić information content (AvgIpc) is 3.05. The van der Waals surface area contributed by atoms with E-state index in [4.69, 9.17) is 16.3 Å². The Hall–Kier alpha value is -0.730. The standard InChI is InChI=1S/C15H20ClNO/c1-10-8-13(4-5-14(10)16)18-15(11-2-3-11)12-6-7-17-9-12/h4-5,8,11-12,15,17H,2-3,6-7,9H2,1H3/t12-,15+/m0/s1. The van der Waals surface area contributed by atoms with Crippen molar-refractivity contribution in [1.82, 2.24) is 5.32 Å². The SMILES string of the molecule is Cc1cc(O[C@H](C2CC2)[C@H]2CCNC2)ccc1Cl. The predicted octanol–water partition coefficient (Wildman–Crippen LogP) is 3.42. The molecule has 0 radical (unpaired) electrons. The Labute approximate surface area is 114 Å². The molecule has 0 unspecified atom stereocenters. The highest BCUT2D eigenvalue weighted by Crippen LogP contribution is 2.40. The van der Waals surface area contributed by atoms with E-state index in [2.05, 4.69) is 11.4 Å². The number of rotatable bonds is 4. The lowest BCUT2D eigenvalue weighted by atomic mass is 9.97. The average molecular weight is 266 g/mol. The van der Waals surface area contributed by atoms with Gasteiger partial charge in [0.25, 0.3) is 0 Å². The maximum atomic E-state index is 6.26. The van der Waals surface area contributed by atoms with Crippen molar-refractivity contribution in [2.75, 3.05) is 13.1 Å². The molecule has 18 heavy (non-hydrogen) atoms. The quantitative estimate of drug-likeness (QED) is 0.901. The van der Waals surface area contributed by atoms with Gasteiger partial charge in [0.2, 0.25) is 0 Å². The molecule has 0 amide bonds. The van der Waals surface area contributed by atoms with Gasteiger partial charge in [-0.1, -0.05) is 11.6 Å². The molecular weight excluding hydrogens is 246 g/mol. The van der Waals surface area contributed by atoms with Crippen LogP contribution in [0.4, 0.5) is 0 Å². The van der Waals surface area contributed by atoms with Gasteiger partial charge in [-0.05, 0) is 62.4 Å². The molecule has 3 heteroatoms. The second-order valence-corrected chi connectivity index (χ2v) is 5.99. The summed E-state index contributed by atoms with van der Waals surface area (Å²) in [7, 11) is 0. The van der Waals surface area contributed by atoms with Gasteiger partial charge in [-0.3, -0.25) is 0 Å². The molecule has 3 rings (SSSR count). The third-order valence-corrected chi connectivity index (χ3v) is 4.48. The molecular formula is C15H20ClNO. The zero-order valence-electron chi connectivity index (χ0n) is 10.8. The predicted molar refractivity (Wildman–Crippen MR) is 74.3 cm³/mol. The van der Waals surface area contributed by atoms with Gasteiger partial charge in [0.05, 0.1) is 0 Å². The number of hydrogen-bond acceptors (Lipinski definition) is 2. The zero-order valence-corrected chi connectivity index (χ0v) is 11.5. The highest BCUT2D eigenvalue weighted by Gasteiger charge is 2.39. The van der Waals surface area contributed by atoms with Crippen LogP contribution in [0, 0.1) is 18.8 Å². The Morgan fingerprint density at radius 3 is 2.72 bits per heavy atom. The summed E-state index contributed by atoms with van der Waals surface area (Å²) in [4.78, 5) is 0. The second-order valence-electron chi connectivity index (χ2n) is 5.58. The van der Waals surface area contributed by atoms with Crippen molar-refractivity contribution in [3.8, 4) is 5.75 Å². The third-order valence-electron chi connectivity index (χ3n) is 4.05. The lowest BCUT2D eigenvalue weighted by molar-refractivity contribution is 0.121. The molecule has 1 aromatic carbocycles. The summed E-state index contributed by atoms with van der Waals surface area (Å²) in [5, 5.41) is 4.25. The van der Waals surface area contributed by atoms with Gasteiger partial charge in [-0.25, -0.2) is 0 Å². The fourth-order valence-electron chi connectivity index (χ4n) is 2.81. The van der Waals surface area contributed by atoms with Crippen LogP contribution in [-0.4, -0.2) is 19.2 Å². The summed E-state index contributed by atoms with van der Waals surface area (Å²) in [5.74, 6) is 2.42. The van der Waals surface area contributed by atoms with Crippen molar-refractivity contribution < 1.29 is 4.74 Å². The number of nitrogens with one attached hydrogen (secondary N) is 1. The molecule has 1 saturated carbocycles. The fourth-order valence-corrected chi connectivity index (χ4v) is 2.92. The minimum absolute atomic E-state index is 0.389. The van der Waals surface area contributed by atoms with Crippen LogP contribution in [-0.2, 0) is 0 Å². The van der Waals surface area contributed by atoms with Gasteiger partial charge in [0.1, 0.15) is 11.9 Å². The minimum Gasteiger partial charge on any atom is -0.490 e. The molecule has 2 fully saturated rings. The first kappa shape index (κ1) is 12.3. The number of halogens is 1. The number of hydrogen-bond donors (Lipinski definition) is 1. The van der Waals surface area contributed by atoms with E-state index >= 15 is 0 Å². The smallest absolute Gasteiger partial charge is 0.120 e. The monoisotopic (exact) mass is 265 g/mol. The maximum Gasteiger partial charge on any atom is 0.120 e. The molecule has 0 aromatic heterocycles. The zero-order chi connectivity index (χ0) is 12.5. The molecule has 2 atom stereocenters. The fraction of sp³-hybridized carbons (Fsp3) is 0.600. The van der Waals surface area contributed by atoms with Crippen LogP contribution in [0.25, 0.3) is 0 Å². The molecule has 1 heterocycles. The van der Waals surface area contributed by atoms with E-state index < -0.39 is 0 Å². The first-order valence-electron chi connectivity index (χ1n) is 6.87. The Bertz CT molecular complexity index is 425. The molecule has 1 saturated heterocycles. The van der Waals surface area contributed by atoms with Crippen LogP contribution in [0.3, 0.4) is 0 Å². The van der Waals surface area contributed by atoms with Crippen LogP contribution in [0.2, 0.25) is 5.02 Å². The van der Waals surface area contributed by atoms with Crippen molar-refractivity contribution in [1.29, 1.82) is 0 Å². The molecule has 0 bridgehead atoms. The lowest BCUT2D eigenvalue weighted by Crippen LogP contribution is -2.30. The van der Waals surface area contributed by atoms with Crippen LogP contribution >= 0.6 is 11.6 Å². The van der Waals surface area contributed by atoms with E-state index in [1.54, 1.807) is 0 Å². The van der Waals surface area contributed by atoms with E-state index in [0.29, 0.717) is 12.0 Å². The van der Waals surface area contributed by atoms with Gasteiger partial charge >= 0.3 is 0 Å². The highest BCUT2D eigenvalue weighted by atomic mass is 35.5. The van der Waals surface area contributed by atoms with E-state index in [-0.39, 0.29) is 0 Å². The van der Waals surface area contributed by atoms with Crippen LogP contribution in [0.1, 0.15) is 24.8 Å². The topological polar surface area (TPSA) is 21.3 Å². The normalized spacial score (nSPS) is 25.1. The van der Waals surface area contributed by atoms with Gasteiger partial charge in [-0.15, -0.1) is 0 Å². The molecule has 1 aromatic rings. The largest absolute Gasteiger partial charge is 0.490 e. The third kappa shape index (κ3) is 2.65. The lowest BCUT2D eigenvalue weighted by Gasteiger charge is -2.24. The summed E-state index contributed by atoms with van der Waals surface area (Å²) in [6.45, 7) is 4.27. The van der Waals surface area contributed by atoms with E-state index in [9.17, 15) is 0 Å². The van der Waals surface area contributed by atoms with E-state index in [1.807, 2.05) is 19.1 Å². The summed E-state index contributed by atoms with van der Waals surface area (Å²) in [6, 6.07) is 5.98. The molecule has 1 aliphatic carbocycles. The second kappa shape index (κ2) is 5.10. The maximum absolute atomic E-state index is 6.26. The molecule has 98 valence electrons. The Morgan fingerprint density at radius 1 is 1.28 bits per heavy atom. The van der Waals surface area contributed by atoms with Crippen molar-refractivity contribution in [2.24, 2.45) is 11.8 Å². The van der Waals surface area contributed by atoms with Crippen molar-refractivity contribution >= 4 is 11.6 Å². The number of ether oxygens (including phenoxy) is 1. The van der Waals surface area contributed by atoms with Crippen molar-refractivity contribution in [3.63, 3.8) is 0 Å². The van der Waals surface area contributed by atoms with Gasteiger partial charge in [-0.2, -0.15) is 0 Å². The van der Waals surface area contributed by atoms with Crippen LogP contribution in [0.15, 0.2) is 18.2 Å². The number of benzene rings is 1. The van der Waals surface area contributed by atoms with Gasteiger partial charge < -0.3 is 10.1 Å². The molecule has 1 aliphatic heterocycles. The first-order chi connectivity index (χ1) is 8.74. The Balaban J connectivity index is 1.73. The van der Waals surface area contributed by atoms with E-state index in [1.165, 1.54) is 19.3 Å². The molecule has 1 N–H and O–H groups in total. The molecule has 0 spiro atoms. The minimum atomic E-state index is 0.389. The van der Waals surface area contributed by atoms with Crippen molar-refractivity contribution in [3.05, 3.63) is 28.8 Å². The molecule has 2 nitrogen and oxygen atoms in total. The first-order valence-corrected chi connectivity index (χ1v) is 7.25. The van der Waals surface area contributed by atoms with E-state index in [0.717, 1.165) is 35.3 Å². The van der Waals surface area contributed by atoms with Crippen molar-refractivity contribution in [2.45, 2.75) is 32.3 Å². The Kier molecular flexibility index (Phi) is 3.49. The number of aryl methyl sites for hydroxylation is 1. The molecule has 2 aliphatic rings. The highest BCUT2D eigenvalue weighted by molar-refractivity contribution is 6.31. The summed E-state index contributed by atoms with van der Waals surface area (Å²) < 4.78 is 6.26. The Morgan fingerprint density at radius 2 is 2.11 bits per heavy atom. The van der Waals surface area contributed by atoms with Crippen LogP contribution < -0.4 is 10.1 Å².